The standard InChI is InChI=1S/C33H33N3O4S/c1-5-41(38,39)29-17-8-24(9-18-29)20-32(37)34-27-14-12-26(13-15-27)33-35-30-19-16-28(40-4)21-31(30)36(33)23(3)25-10-6-22(2)7-11-25/h6-19,21,23H,5,20H2,1-4H3,(H,34,37). The van der Waals surface area contributed by atoms with Crippen LogP contribution in [0.15, 0.2) is 95.9 Å². The molecule has 0 aliphatic carbocycles. The molecule has 5 aromatic rings. The second kappa shape index (κ2) is 11.6. The Labute approximate surface area is 240 Å². The molecule has 8 heteroatoms. The van der Waals surface area contributed by atoms with Crippen LogP contribution in [0.4, 0.5) is 5.69 Å². The number of aromatic nitrogens is 2. The minimum Gasteiger partial charge on any atom is -0.497 e. The molecule has 5 rings (SSSR count). The molecule has 7 nitrogen and oxygen atoms in total. The third kappa shape index (κ3) is 6.02. The van der Waals surface area contributed by atoms with E-state index in [0.717, 1.165) is 33.7 Å². The van der Waals surface area contributed by atoms with Gasteiger partial charge in [-0.3, -0.25) is 4.79 Å². The fraction of sp³-hybridized carbons (Fsp3) is 0.212. The Morgan fingerprint density at radius 3 is 2.27 bits per heavy atom. The Bertz CT molecular complexity index is 1790. The molecule has 0 radical (unpaired) electrons. The maximum Gasteiger partial charge on any atom is 0.228 e. The number of aryl methyl sites for hydroxylation is 1. The van der Waals surface area contributed by atoms with Gasteiger partial charge in [0.05, 0.1) is 41.3 Å². The first-order valence-electron chi connectivity index (χ1n) is 13.5. The van der Waals surface area contributed by atoms with Gasteiger partial charge in [0, 0.05) is 17.3 Å². The molecular weight excluding hydrogens is 534 g/mol. The molecule has 1 aromatic heterocycles. The summed E-state index contributed by atoms with van der Waals surface area (Å²) in [6.07, 6.45) is 0.139. The molecule has 0 fully saturated rings. The highest BCUT2D eigenvalue weighted by molar-refractivity contribution is 7.91. The van der Waals surface area contributed by atoms with Gasteiger partial charge in [-0.15, -0.1) is 0 Å². The molecule has 1 amide bonds. The Morgan fingerprint density at radius 2 is 1.63 bits per heavy atom. The average Bonchev–Trinajstić information content (AvgIpc) is 3.36. The van der Waals surface area contributed by atoms with Gasteiger partial charge in [-0.2, -0.15) is 0 Å². The zero-order valence-corrected chi connectivity index (χ0v) is 24.4. The highest BCUT2D eigenvalue weighted by Gasteiger charge is 2.20. The van der Waals surface area contributed by atoms with Crippen LogP contribution in [0.25, 0.3) is 22.4 Å². The summed E-state index contributed by atoms with van der Waals surface area (Å²) in [5, 5.41) is 2.93. The van der Waals surface area contributed by atoms with E-state index in [-0.39, 0.29) is 29.0 Å². The lowest BCUT2D eigenvalue weighted by molar-refractivity contribution is -0.115. The topological polar surface area (TPSA) is 90.3 Å². The fourth-order valence-electron chi connectivity index (χ4n) is 4.86. The van der Waals surface area contributed by atoms with Crippen LogP contribution in [0.5, 0.6) is 5.75 Å². The Kier molecular flexibility index (Phi) is 7.94. The first-order valence-corrected chi connectivity index (χ1v) is 15.2. The molecule has 0 bridgehead atoms. The summed E-state index contributed by atoms with van der Waals surface area (Å²) in [7, 11) is -1.61. The quantitative estimate of drug-likeness (QED) is 0.217. The summed E-state index contributed by atoms with van der Waals surface area (Å²) in [4.78, 5) is 18.0. The highest BCUT2D eigenvalue weighted by atomic mass is 32.2. The summed E-state index contributed by atoms with van der Waals surface area (Å²) in [5.41, 5.74) is 6.55. The van der Waals surface area contributed by atoms with Crippen molar-refractivity contribution in [2.24, 2.45) is 0 Å². The number of rotatable bonds is 9. The van der Waals surface area contributed by atoms with E-state index in [0.29, 0.717) is 5.69 Å². The maximum atomic E-state index is 12.7. The van der Waals surface area contributed by atoms with Crippen LogP contribution in [-0.4, -0.2) is 36.7 Å². The van der Waals surface area contributed by atoms with E-state index >= 15 is 0 Å². The van der Waals surface area contributed by atoms with Gasteiger partial charge >= 0.3 is 0 Å². The highest BCUT2D eigenvalue weighted by Crippen LogP contribution is 2.34. The van der Waals surface area contributed by atoms with E-state index in [1.807, 2.05) is 42.5 Å². The monoisotopic (exact) mass is 567 g/mol. The molecule has 1 N–H and O–H groups in total. The molecule has 0 aliphatic rings. The zero-order chi connectivity index (χ0) is 29.1. The largest absolute Gasteiger partial charge is 0.497 e. The van der Waals surface area contributed by atoms with Crippen molar-refractivity contribution in [2.45, 2.75) is 38.1 Å². The van der Waals surface area contributed by atoms with Crippen LogP contribution in [0.1, 0.15) is 36.6 Å². The van der Waals surface area contributed by atoms with Crippen molar-refractivity contribution in [1.82, 2.24) is 9.55 Å². The zero-order valence-electron chi connectivity index (χ0n) is 23.6. The van der Waals surface area contributed by atoms with Gasteiger partial charge in [0.15, 0.2) is 9.84 Å². The predicted molar refractivity (Wildman–Crippen MR) is 163 cm³/mol. The van der Waals surface area contributed by atoms with Gasteiger partial charge in [0.2, 0.25) is 5.91 Å². The van der Waals surface area contributed by atoms with Gasteiger partial charge in [0.25, 0.3) is 0 Å². The number of benzene rings is 4. The van der Waals surface area contributed by atoms with Crippen molar-refractivity contribution in [3.8, 4) is 17.1 Å². The Hall–Kier alpha value is -4.43. The lowest BCUT2D eigenvalue weighted by Crippen LogP contribution is -2.14. The number of methoxy groups -OCH3 is 1. The summed E-state index contributed by atoms with van der Waals surface area (Å²) in [5.74, 6) is 1.44. The van der Waals surface area contributed by atoms with Crippen molar-refractivity contribution in [3.63, 3.8) is 0 Å². The van der Waals surface area contributed by atoms with Crippen molar-refractivity contribution in [3.05, 3.63) is 108 Å². The van der Waals surface area contributed by atoms with E-state index in [1.54, 1.807) is 38.3 Å². The summed E-state index contributed by atoms with van der Waals surface area (Å²) in [6.45, 7) is 5.85. The number of ether oxygens (including phenoxy) is 1. The number of hydrogen-bond acceptors (Lipinski definition) is 5. The van der Waals surface area contributed by atoms with Crippen molar-refractivity contribution < 1.29 is 17.9 Å². The number of nitrogens with zero attached hydrogens (tertiary/aromatic N) is 2. The fourth-order valence-corrected chi connectivity index (χ4v) is 5.75. The minimum absolute atomic E-state index is 0.0146. The van der Waals surface area contributed by atoms with Gasteiger partial charge in [-0.1, -0.05) is 48.9 Å². The van der Waals surface area contributed by atoms with E-state index < -0.39 is 9.84 Å². The average molecular weight is 568 g/mol. The number of nitrogens with one attached hydrogen (secondary N) is 1. The molecule has 210 valence electrons. The van der Waals surface area contributed by atoms with E-state index in [2.05, 4.69) is 48.0 Å². The van der Waals surface area contributed by atoms with Crippen molar-refractivity contribution in [1.29, 1.82) is 0 Å². The second-order valence-corrected chi connectivity index (χ2v) is 12.4. The molecular formula is C33H33N3O4S. The van der Waals surface area contributed by atoms with Gasteiger partial charge in [-0.05, 0) is 73.5 Å². The lowest BCUT2D eigenvalue weighted by Gasteiger charge is -2.19. The molecule has 1 atom stereocenters. The van der Waals surface area contributed by atoms with Crippen LogP contribution in [0.3, 0.4) is 0 Å². The number of imidazole rings is 1. The number of amides is 1. The first kappa shape index (κ1) is 28.1. The predicted octanol–water partition coefficient (Wildman–Crippen LogP) is 6.60. The summed E-state index contributed by atoms with van der Waals surface area (Å²) >= 11 is 0. The second-order valence-electron chi connectivity index (χ2n) is 10.1. The molecule has 0 aliphatic heterocycles. The molecule has 0 saturated heterocycles. The van der Waals surface area contributed by atoms with Gasteiger partial charge in [-0.25, -0.2) is 13.4 Å². The third-order valence-electron chi connectivity index (χ3n) is 7.30. The summed E-state index contributed by atoms with van der Waals surface area (Å²) < 4.78 is 31.8. The number of carbonyl (C=O) groups excluding carboxylic acids is 1. The number of fused-ring (bicyclic) bond motifs is 1. The van der Waals surface area contributed by atoms with Crippen molar-refractivity contribution in [2.75, 3.05) is 18.2 Å². The van der Waals surface area contributed by atoms with Crippen molar-refractivity contribution >= 4 is 32.5 Å². The van der Waals surface area contributed by atoms with Crippen LogP contribution in [0.2, 0.25) is 0 Å². The van der Waals surface area contributed by atoms with Crippen LogP contribution in [0, 0.1) is 6.92 Å². The number of carbonyl (C=O) groups is 1. The lowest BCUT2D eigenvalue weighted by atomic mass is 10.1. The van der Waals surface area contributed by atoms with Gasteiger partial charge in [0.1, 0.15) is 11.6 Å². The summed E-state index contributed by atoms with van der Waals surface area (Å²) in [6, 6.07) is 28.5. The van der Waals surface area contributed by atoms with E-state index in [4.69, 9.17) is 9.72 Å². The molecule has 1 unspecified atom stereocenters. The SMILES string of the molecule is CCS(=O)(=O)c1ccc(CC(=O)Nc2ccc(-c3nc4ccc(OC)cc4n3C(C)c3ccc(C)cc3)cc2)cc1. The number of sulfone groups is 1. The molecule has 4 aromatic carbocycles. The third-order valence-corrected chi connectivity index (χ3v) is 9.05. The maximum absolute atomic E-state index is 12.7. The van der Waals surface area contributed by atoms with Crippen LogP contribution < -0.4 is 10.1 Å². The molecule has 0 saturated carbocycles. The smallest absolute Gasteiger partial charge is 0.228 e. The number of hydrogen-bond donors (Lipinski definition) is 1. The number of anilines is 1. The Morgan fingerprint density at radius 1 is 0.951 bits per heavy atom. The van der Waals surface area contributed by atoms with Gasteiger partial charge < -0.3 is 14.6 Å². The van der Waals surface area contributed by atoms with E-state index in [9.17, 15) is 13.2 Å². The van der Waals surface area contributed by atoms with Crippen LogP contribution >= 0.6 is 0 Å². The molecule has 41 heavy (non-hydrogen) atoms. The Balaban J connectivity index is 1.39. The minimum atomic E-state index is -3.27. The molecule has 1 heterocycles. The molecule has 0 spiro atoms. The van der Waals surface area contributed by atoms with Crippen LogP contribution in [-0.2, 0) is 21.1 Å². The first-order chi connectivity index (χ1) is 19.7. The van der Waals surface area contributed by atoms with E-state index in [1.165, 1.54) is 11.1 Å². The normalized spacial score (nSPS) is 12.3.